The Hall–Kier alpha value is -2.48. The maximum absolute atomic E-state index is 4.07. The smallest absolute Gasteiger partial charge is 0.0659 e. The van der Waals surface area contributed by atoms with Crippen molar-refractivity contribution in [3.8, 4) is 11.1 Å². The molecule has 0 spiro atoms. The number of hydrogen-bond donors (Lipinski definition) is 2. The molecule has 2 N–H and O–H groups in total. The molecule has 2 aliphatic rings. The Kier molecular flexibility index (Phi) is 5.46. The molecule has 0 bridgehead atoms. The molecule has 0 radical (unpaired) electrons. The number of rotatable bonds is 1. The molecule has 0 saturated carbocycles. The van der Waals surface area contributed by atoms with Crippen molar-refractivity contribution >= 4 is 16.9 Å². The fraction of sp³-hybridized carbons (Fsp3) is 0.360. The summed E-state index contributed by atoms with van der Waals surface area (Å²) >= 11 is 0. The molecule has 142 valence electrons. The van der Waals surface area contributed by atoms with Gasteiger partial charge >= 0.3 is 0 Å². The van der Waals surface area contributed by atoms with Crippen molar-refractivity contribution in [1.82, 2.24) is 0 Å². The Morgan fingerprint density at radius 1 is 1.00 bits per heavy atom. The fourth-order valence-corrected chi connectivity index (χ4v) is 3.37. The van der Waals surface area contributed by atoms with Gasteiger partial charge in [-0.1, -0.05) is 70.7 Å². The first-order chi connectivity index (χ1) is 12.7. The van der Waals surface area contributed by atoms with Crippen LogP contribution in [0.3, 0.4) is 0 Å². The molecule has 2 nitrogen and oxygen atoms in total. The minimum Gasteiger partial charge on any atom is -0.382 e. The molecule has 1 aliphatic heterocycles. The highest BCUT2D eigenvalue weighted by Crippen LogP contribution is 2.38. The maximum atomic E-state index is 4.07. The molecule has 2 aromatic rings. The largest absolute Gasteiger partial charge is 0.382 e. The van der Waals surface area contributed by atoms with E-state index >= 15 is 0 Å². The molecular formula is C25H32N2. The summed E-state index contributed by atoms with van der Waals surface area (Å²) in [5.74, 6) is 0. The van der Waals surface area contributed by atoms with Crippen LogP contribution in [-0.2, 0) is 6.42 Å². The van der Waals surface area contributed by atoms with Crippen LogP contribution in [0.1, 0.15) is 52.2 Å². The molecule has 0 atom stereocenters. The molecule has 2 heteroatoms. The summed E-state index contributed by atoms with van der Waals surface area (Å²) in [6, 6.07) is 13.2. The number of hydrogen-bond acceptors (Lipinski definition) is 2. The van der Waals surface area contributed by atoms with Crippen LogP contribution in [0.2, 0.25) is 0 Å². The van der Waals surface area contributed by atoms with Crippen molar-refractivity contribution in [3.05, 3.63) is 65.9 Å². The van der Waals surface area contributed by atoms with Crippen LogP contribution >= 0.6 is 0 Å². The van der Waals surface area contributed by atoms with E-state index in [1.165, 1.54) is 33.5 Å². The van der Waals surface area contributed by atoms with E-state index in [9.17, 15) is 0 Å². The molecule has 0 aromatic heterocycles. The molecule has 0 fully saturated rings. The van der Waals surface area contributed by atoms with Crippen molar-refractivity contribution in [3.63, 3.8) is 0 Å². The number of fused-ring (bicyclic) bond motifs is 2. The average molecular weight is 361 g/mol. The zero-order valence-corrected chi connectivity index (χ0v) is 17.4. The molecule has 1 heterocycles. The van der Waals surface area contributed by atoms with Gasteiger partial charge in [-0.15, -0.1) is 0 Å². The summed E-state index contributed by atoms with van der Waals surface area (Å²) in [7, 11) is 0. The van der Waals surface area contributed by atoms with Crippen LogP contribution in [0.4, 0.5) is 11.4 Å². The predicted molar refractivity (Wildman–Crippen MR) is 120 cm³/mol. The molecular weight excluding hydrogens is 328 g/mol. The molecule has 0 saturated heterocycles. The number of anilines is 2. The van der Waals surface area contributed by atoms with Crippen LogP contribution in [0.25, 0.3) is 16.7 Å². The zero-order valence-electron chi connectivity index (χ0n) is 17.4. The Morgan fingerprint density at radius 2 is 1.74 bits per heavy atom. The van der Waals surface area contributed by atoms with E-state index in [0.29, 0.717) is 5.41 Å². The highest BCUT2D eigenvalue weighted by atomic mass is 15.0. The van der Waals surface area contributed by atoms with Crippen LogP contribution in [0, 0.1) is 5.41 Å². The molecule has 2 aromatic carbocycles. The van der Waals surface area contributed by atoms with Crippen LogP contribution in [-0.4, -0.2) is 6.54 Å². The van der Waals surface area contributed by atoms with Gasteiger partial charge in [-0.3, -0.25) is 0 Å². The molecule has 4 rings (SSSR count). The predicted octanol–water partition coefficient (Wildman–Crippen LogP) is 7.11. The standard InChI is InChI=1S/C20H20N2.C5H12/c1-13-6-7-15-12-16(8-9-17(13)15)18-4-3-5-19-20(18)21-11-10-14(2)22-19;1-5(2,3)4/h3-6,8-9,12,21-22H,2,7,10-11H2,1H3;1-4H3. The van der Waals surface area contributed by atoms with Gasteiger partial charge in [-0.05, 0) is 47.1 Å². The summed E-state index contributed by atoms with van der Waals surface area (Å²) in [6.45, 7) is 15.9. The van der Waals surface area contributed by atoms with Crippen LogP contribution < -0.4 is 10.6 Å². The summed E-state index contributed by atoms with van der Waals surface area (Å²) < 4.78 is 0. The van der Waals surface area contributed by atoms with Crippen molar-refractivity contribution in [2.75, 3.05) is 17.2 Å². The molecule has 1 aliphatic carbocycles. The number of benzene rings is 2. The Bertz CT molecular complexity index is 876. The topological polar surface area (TPSA) is 24.1 Å². The quantitative estimate of drug-likeness (QED) is 0.566. The van der Waals surface area contributed by atoms with Gasteiger partial charge in [0.2, 0.25) is 0 Å². The lowest BCUT2D eigenvalue weighted by Crippen LogP contribution is -2.00. The first-order valence-electron chi connectivity index (χ1n) is 9.84. The Morgan fingerprint density at radius 3 is 2.48 bits per heavy atom. The van der Waals surface area contributed by atoms with E-state index in [1.54, 1.807) is 0 Å². The van der Waals surface area contributed by atoms with E-state index < -0.39 is 0 Å². The van der Waals surface area contributed by atoms with E-state index in [4.69, 9.17) is 0 Å². The first-order valence-corrected chi connectivity index (χ1v) is 9.84. The van der Waals surface area contributed by atoms with Gasteiger partial charge in [-0.25, -0.2) is 0 Å². The number of allylic oxidation sites excluding steroid dienone is 2. The van der Waals surface area contributed by atoms with Gasteiger partial charge in [0.1, 0.15) is 0 Å². The Labute approximate surface area is 164 Å². The van der Waals surface area contributed by atoms with E-state index in [2.05, 4.69) is 94.3 Å². The zero-order chi connectivity index (χ0) is 19.6. The second-order valence-electron chi connectivity index (χ2n) is 9.10. The third kappa shape index (κ3) is 4.82. The number of para-hydroxylation sites is 1. The lowest BCUT2D eigenvalue weighted by Gasteiger charge is -2.15. The fourth-order valence-electron chi connectivity index (χ4n) is 3.37. The third-order valence-corrected chi connectivity index (χ3v) is 4.57. The van der Waals surface area contributed by atoms with Gasteiger partial charge in [0.15, 0.2) is 0 Å². The van der Waals surface area contributed by atoms with Crippen LogP contribution in [0.5, 0.6) is 0 Å². The summed E-state index contributed by atoms with van der Waals surface area (Å²) in [6.07, 6.45) is 4.30. The highest BCUT2D eigenvalue weighted by molar-refractivity contribution is 5.89. The van der Waals surface area contributed by atoms with Gasteiger partial charge < -0.3 is 10.6 Å². The maximum Gasteiger partial charge on any atom is 0.0659 e. The SMILES string of the molecule is C=C1CCNc2c(cccc2-c2ccc3c(c2)CC=C3C)N1.CC(C)(C)C. The van der Waals surface area contributed by atoms with Gasteiger partial charge in [0.05, 0.1) is 11.4 Å². The second kappa shape index (κ2) is 7.64. The van der Waals surface area contributed by atoms with Gasteiger partial charge in [0, 0.05) is 24.2 Å². The lowest BCUT2D eigenvalue weighted by molar-refractivity contribution is 0.469. The molecule has 0 unspecified atom stereocenters. The van der Waals surface area contributed by atoms with Crippen molar-refractivity contribution in [2.45, 2.75) is 47.5 Å². The van der Waals surface area contributed by atoms with Crippen LogP contribution in [0.15, 0.2) is 54.8 Å². The van der Waals surface area contributed by atoms with Crippen molar-refractivity contribution < 1.29 is 0 Å². The molecule has 27 heavy (non-hydrogen) atoms. The summed E-state index contributed by atoms with van der Waals surface area (Å²) in [5.41, 5.74) is 10.6. The lowest BCUT2D eigenvalue weighted by atomic mass is 9.97. The van der Waals surface area contributed by atoms with E-state index in [1.807, 2.05) is 0 Å². The average Bonchev–Trinajstić information content (AvgIpc) is 2.83. The van der Waals surface area contributed by atoms with E-state index in [0.717, 1.165) is 30.8 Å². The minimum atomic E-state index is 0.500. The normalized spacial score (nSPS) is 15.3. The second-order valence-corrected chi connectivity index (χ2v) is 9.10. The summed E-state index contributed by atoms with van der Waals surface area (Å²) in [4.78, 5) is 0. The monoisotopic (exact) mass is 360 g/mol. The van der Waals surface area contributed by atoms with E-state index in [-0.39, 0.29) is 0 Å². The third-order valence-electron chi connectivity index (χ3n) is 4.57. The molecule has 0 amide bonds. The first kappa shape index (κ1) is 19.3. The van der Waals surface area contributed by atoms with Crippen molar-refractivity contribution in [2.24, 2.45) is 5.41 Å². The minimum absolute atomic E-state index is 0.500. The van der Waals surface area contributed by atoms with Crippen molar-refractivity contribution in [1.29, 1.82) is 0 Å². The Balaban J connectivity index is 0.000000376. The summed E-state index contributed by atoms with van der Waals surface area (Å²) in [5, 5.41) is 6.99. The highest BCUT2D eigenvalue weighted by Gasteiger charge is 2.16. The van der Waals surface area contributed by atoms with Gasteiger partial charge in [-0.2, -0.15) is 0 Å². The number of nitrogens with one attached hydrogen (secondary N) is 2. The van der Waals surface area contributed by atoms with Gasteiger partial charge in [0.25, 0.3) is 0 Å².